The minimum absolute atomic E-state index is 0.114. The van der Waals surface area contributed by atoms with E-state index in [0.717, 1.165) is 31.1 Å². The minimum Gasteiger partial charge on any atom is -0.468 e. The Kier molecular flexibility index (Phi) is 6.70. The zero-order valence-electron chi connectivity index (χ0n) is 11.1. The van der Waals surface area contributed by atoms with E-state index in [4.69, 9.17) is 10.2 Å². The maximum absolute atomic E-state index is 6.02. The van der Waals surface area contributed by atoms with Gasteiger partial charge in [0.25, 0.3) is 0 Å². The van der Waals surface area contributed by atoms with E-state index in [0.29, 0.717) is 0 Å². The summed E-state index contributed by atoms with van der Waals surface area (Å²) in [6.07, 6.45) is 1.72. The molecule has 98 valence electrons. The van der Waals surface area contributed by atoms with Crippen molar-refractivity contribution >= 4 is 11.8 Å². The molecule has 0 radical (unpaired) electrons. The summed E-state index contributed by atoms with van der Waals surface area (Å²) in [4.78, 5) is 2.42. The highest BCUT2D eigenvalue weighted by Crippen LogP contribution is 2.31. The van der Waals surface area contributed by atoms with Gasteiger partial charge in [0.2, 0.25) is 0 Å². The Balaban J connectivity index is 2.41. The summed E-state index contributed by atoms with van der Waals surface area (Å²) >= 11 is 1.89. The summed E-state index contributed by atoms with van der Waals surface area (Å²) < 4.78 is 5.45. The van der Waals surface area contributed by atoms with Crippen LogP contribution in [-0.2, 0) is 0 Å². The van der Waals surface area contributed by atoms with Crippen molar-refractivity contribution in [3.63, 3.8) is 0 Å². The van der Waals surface area contributed by atoms with Crippen LogP contribution in [0.15, 0.2) is 22.8 Å². The van der Waals surface area contributed by atoms with E-state index >= 15 is 0 Å². The molecular weight excluding hydrogens is 232 g/mol. The van der Waals surface area contributed by atoms with Crippen molar-refractivity contribution in [1.82, 2.24) is 4.90 Å². The van der Waals surface area contributed by atoms with Gasteiger partial charge in [-0.2, -0.15) is 0 Å². The van der Waals surface area contributed by atoms with Crippen molar-refractivity contribution in [2.24, 2.45) is 5.73 Å². The van der Waals surface area contributed by atoms with Crippen molar-refractivity contribution in [2.45, 2.75) is 32.1 Å². The van der Waals surface area contributed by atoms with Crippen LogP contribution in [0, 0.1) is 0 Å². The van der Waals surface area contributed by atoms with Crippen LogP contribution in [0.3, 0.4) is 0 Å². The van der Waals surface area contributed by atoms with E-state index in [9.17, 15) is 0 Å². The Labute approximate surface area is 109 Å². The van der Waals surface area contributed by atoms with Gasteiger partial charge in [0.15, 0.2) is 0 Å². The second-order valence-corrected chi connectivity index (χ2v) is 5.44. The Morgan fingerprint density at radius 1 is 1.41 bits per heavy atom. The number of hydrogen-bond donors (Lipinski definition) is 1. The van der Waals surface area contributed by atoms with Gasteiger partial charge in [0.1, 0.15) is 5.76 Å². The molecule has 0 saturated heterocycles. The summed E-state index contributed by atoms with van der Waals surface area (Å²) in [6.45, 7) is 9.77. The molecule has 2 atom stereocenters. The molecule has 0 saturated carbocycles. The van der Waals surface area contributed by atoms with Crippen LogP contribution in [0.5, 0.6) is 0 Å². The van der Waals surface area contributed by atoms with E-state index in [1.54, 1.807) is 6.26 Å². The lowest BCUT2D eigenvalue weighted by Gasteiger charge is -2.21. The van der Waals surface area contributed by atoms with E-state index in [1.807, 2.05) is 30.8 Å². The van der Waals surface area contributed by atoms with Gasteiger partial charge in [-0.1, -0.05) is 13.8 Å². The Hall–Kier alpha value is -0.450. The fourth-order valence-corrected chi connectivity index (χ4v) is 3.01. The third-order valence-corrected chi connectivity index (χ3v) is 4.34. The molecule has 1 rings (SSSR count). The predicted molar refractivity (Wildman–Crippen MR) is 75.3 cm³/mol. The second-order valence-electron chi connectivity index (χ2n) is 4.19. The molecule has 3 nitrogen and oxygen atoms in total. The highest BCUT2D eigenvalue weighted by Gasteiger charge is 2.19. The smallest absolute Gasteiger partial charge is 0.118 e. The van der Waals surface area contributed by atoms with E-state index < -0.39 is 0 Å². The molecule has 1 aromatic rings. The van der Waals surface area contributed by atoms with Crippen molar-refractivity contribution in [3.05, 3.63) is 24.2 Å². The molecule has 0 aliphatic carbocycles. The van der Waals surface area contributed by atoms with E-state index in [1.165, 1.54) is 0 Å². The minimum atomic E-state index is 0.114. The fourth-order valence-electron chi connectivity index (χ4n) is 1.79. The fraction of sp³-hybridized carbons (Fsp3) is 0.692. The van der Waals surface area contributed by atoms with Crippen LogP contribution in [0.1, 0.15) is 31.8 Å². The van der Waals surface area contributed by atoms with E-state index in [-0.39, 0.29) is 11.3 Å². The maximum atomic E-state index is 6.02. The first-order valence-electron chi connectivity index (χ1n) is 6.32. The Morgan fingerprint density at radius 2 is 2.12 bits per heavy atom. The molecule has 2 N–H and O–H groups in total. The van der Waals surface area contributed by atoms with Gasteiger partial charge in [-0.3, -0.25) is 0 Å². The van der Waals surface area contributed by atoms with Crippen LogP contribution >= 0.6 is 11.8 Å². The molecule has 0 bridgehead atoms. The molecule has 4 heteroatoms. The predicted octanol–water partition coefficient (Wildman–Crippen LogP) is 2.74. The van der Waals surface area contributed by atoms with Crippen molar-refractivity contribution in [1.29, 1.82) is 0 Å². The first-order chi connectivity index (χ1) is 8.19. The van der Waals surface area contributed by atoms with E-state index in [2.05, 4.69) is 18.7 Å². The topological polar surface area (TPSA) is 42.4 Å². The molecule has 0 aliphatic heterocycles. The van der Waals surface area contributed by atoms with Gasteiger partial charge in [-0.25, -0.2) is 0 Å². The molecule has 0 amide bonds. The summed E-state index contributed by atoms with van der Waals surface area (Å²) in [5.74, 6) is 2.08. The molecule has 17 heavy (non-hydrogen) atoms. The summed E-state index contributed by atoms with van der Waals surface area (Å²) in [5, 5.41) is 0.264. The average Bonchev–Trinajstić information content (AvgIpc) is 2.82. The summed E-state index contributed by atoms with van der Waals surface area (Å²) in [5.41, 5.74) is 6.02. The van der Waals surface area contributed by atoms with Gasteiger partial charge < -0.3 is 15.1 Å². The van der Waals surface area contributed by atoms with Gasteiger partial charge in [-0.05, 0) is 32.1 Å². The lowest BCUT2D eigenvalue weighted by atomic mass is 10.2. The number of hydrogen-bond acceptors (Lipinski definition) is 4. The molecule has 1 aromatic heterocycles. The molecule has 0 spiro atoms. The van der Waals surface area contributed by atoms with Gasteiger partial charge in [-0.15, -0.1) is 11.8 Å². The second kappa shape index (κ2) is 7.80. The molecule has 0 fully saturated rings. The number of thioether (sulfide) groups is 1. The van der Waals surface area contributed by atoms with Gasteiger partial charge >= 0.3 is 0 Å². The first-order valence-corrected chi connectivity index (χ1v) is 7.36. The van der Waals surface area contributed by atoms with Crippen LogP contribution in [0.2, 0.25) is 0 Å². The number of nitrogens with two attached hydrogens (primary N) is 1. The highest BCUT2D eigenvalue weighted by atomic mass is 32.2. The average molecular weight is 256 g/mol. The van der Waals surface area contributed by atoms with Crippen LogP contribution in [0.25, 0.3) is 0 Å². The molecule has 0 aliphatic rings. The molecule has 1 heterocycles. The lowest BCUT2D eigenvalue weighted by Crippen LogP contribution is -2.27. The zero-order chi connectivity index (χ0) is 12.7. The third kappa shape index (κ3) is 4.74. The van der Waals surface area contributed by atoms with Crippen molar-refractivity contribution in [2.75, 3.05) is 25.4 Å². The van der Waals surface area contributed by atoms with Gasteiger partial charge in [0.05, 0.1) is 11.5 Å². The standard InChI is InChI=1S/C13H24N2OS/c1-4-15(5-2)8-10-17-13(11(3)14)12-7-6-9-16-12/h6-7,9,11,13H,4-5,8,10,14H2,1-3H3. The normalized spacial score (nSPS) is 15.1. The van der Waals surface area contributed by atoms with Crippen LogP contribution < -0.4 is 5.73 Å². The van der Waals surface area contributed by atoms with Crippen LogP contribution in [0.4, 0.5) is 0 Å². The first kappa shape index (κ1) is 14.6. The zero-order valence-corrected chi connectivity index (χ0v) is 11.9. The van der Waals surface area contributed by atoms with Gasteiger partial charge in [0, 0.05) is 18.3 Å². The summed E-state index contributed by atoms with van der Waals surface area (Å²) in [6, 6.07) is 4.05. The quantitative estimate of drug-likeness (QED) is 0.776. The molecule has 2 unspecified atom stereocenters. The van der Waals surface area contributed by atoms with Crippen LogP contribution in [-0.4, -0.2) is 36.3 Å². The van der Waals surface area contributed by atoms with Crippen molar-refractivity contribution in [3.8, 4) is 0 Å². The number of nitrogens with zero attached hydrogens (tertiary/aromatic N) is 1. The number of furan rings is 1. The summed E-state index contributed by atoms with van der Waals surface area (Å²) in [7, 11) is 0. The lowest BCUT2D eigenvalue weighted by molar-refractivity contribution is 0.323. The SMILES string of the molecule is CCN(CC)CCSC(c1ccco1)C(C)N. The molecular formula is C13H24N2OS. The monoisotopic (exact) mass is 256 g/mol. The Bertz CT molecular complexity index is 284. The highest BCUT2D eigenvalue weighted by molar-refractivity contribution is 7.99. The third-order valence-electron chi connectivity index (χ3n) is 2.90. The molecule has 0 aromatic carbocycles. The maximum Gasteiger partial charge on any atom is 0.118 e. The number of rotatable bonds is 8. The Morgan fingerprint density at radius 3 is 2.59 bits per heavy atom. The largest absolute Gasteiger partial charge is 0.468 e. The van der Waals surface area contributed by atoms with Crippen molar-refractivity contribution < 1.29 is 4.42 Å².